The molecule has 1 aliphatic heterocycles. The largest absolute Gasteiger partial charge is 0.481 e. The van der Waals surface area contributed by atoms with E-state index in [1.165, 1.54) is 0 Å². The Hall–Kier alpha value is -2.11. The number of hydrogen-bond acceptors (Lipinski definition) is 3. The highest BCUT2D eigenvalue weighted by Gasteiger charge is 2.37. The van der Waals surface area contributed by atoms with E-state index in [2.05, 4.69) is 10.3 Å². The third-order valence-electron chi connectivity index (χ3n) is 3.70. The Morgan fingerprint density at radius 3 is 2.85 bits per heavy atom. The number of aromatic nitrogens is 1. The van der Waals surface area contributed by atoms with Crippen LogP contribution >= 0.6 is 0 Å². The molecule has 2 atom stereocenters. The molecule has 0 aliphatic carbocycles. The number of nitrogens with one attached hydrogen (secondary N) is 1. The SMILES string of the molecule is Cc1cccc(CNC(=O)N2CCC(C(=O)O)C2C)n1. The molecule has 2 unspecified atom stereocenters. The van der Waals surface area contributed by atoms with Gasteiger partial charge in [0.15, 0.2) is 0 Å². The van der Waals surface area contributed by atoms with Crippen molar-refractivity contribution >= 4 is 12.0 Å². The van der Waals surface area contributed by atoms with Gasteiger partial charge in [-0.3, -0.25) is 9.78 Å². The second-order valence-electron chi connectivity index (χ2n) is 5.10. The van der Waals surface area contributed by atoms with Gasteiger partial charge in [0.2, 0.25) is 0 Å². The summed E-state index contributed by atoms with van der Waals surface area (Å²) in [6.07, 6.45) is 0.507. The summed E-state index contributed by atoms with van der Waals surface area (Å²) in [5.74, 6) is -1.31. The molecule has 2 N–H and O–H groups in total. The van der Waals surface area contributed by atoms with Crippen LogP contribution in [0.25, 0.3) is 0 Å². The van der Waals surface area contributed by atoms with Crippen LogP contribution in [0.2, 0.25) is 0 Å². The average molecular weight is 277 g/mol. The molecule has 1 saturated heterocycles. The van der Waals surface area contributed by atoms with Gasteiger partial charge in [-0.15, -0.1) is 0 Å². The van der Waals surface area contributed by atoms with Crippen molar-refractivity contribution in [3.8, 4) is 0 Å². The van der Waals surface area contributed by atoms with Crippen LogP contribution in [0.3, 0.4) is 0 Å². The molecule has 0 bridgehead atoms. The molecule has 0 aromatic carbocycles. The van der Waals surface area contributed by atoms with Gasteiger partial charge in [-0.1, -0.05) is 6.07 Å². The molecular formula is C14H19N3O3. The van der Waals surface area contributed by atoms with Crippen molar-refractivity contribution in [1.29, 1.82) is 0 Å². The average Bonchev–Trinajstić information content (AvgIpc) is 2.78. The number of aryl methyl sites for hydroxylation is 1. The zero-order valence-electron chi connectivity index (χ0n) is 11.7. The van der Waals surface area contributed by atoms with Gasteiger partial charge in [-0.05, 0) is 32.4 Å². The van der Waals surface area contributed by atoms with Crippen LogP contribution in [0, 0.1) is 12.8 Å². The van der Waals surface area contributed by atoms with E-state index < -0.39 is 11.9 Å². The summed E-state index contributed by atoms with van der Waals surface area (Å²) in [6, 6.07) is 5.12. The van der Waals surface area contributed by atoms with Crippen molar-refractivity contribution in [3.63, 3.8) is 0 Å². The summed E-state index contributed by atoms with van der Waals surface area (Å²) < 4.78 is 0. The number of carboxylic acid groups (broad SMARTS) is 1. The molecular weight excluding hydrogens is 258 g/mol. The number of carboxylic acids is 1. The van der Waals surface area contributed by atoms with Crippen molar-refractivity contribution < 1.29 is 14.7 Å². The fraction of sp³-hybridized carbons (Fsp3) is 0.500. The summed E-state index contributed by atoms with van der Waals surface area (Å²) in [6.45, 7) is 4.49. The number of likely N-dealkylation sites (tertiary alicyclic amines) is 1. The molecule has 108 valence electrons. The summed E-state index contributed by atoms with van der Waals surface area (Å²) in [5.41, 5.74) is 1.69. The highest BCUT2D eigenvalue weighted by Crippen LogP contribution is 2.24. The predicted molar refractivity (Wildman–Crippen MR) is 73.1 cm³/mol. The minimum atomic E-state index is -0.840. The molecule has 0 radical (unpaired) electrons. The molecule has 6 nitrogen and oxygen atoms in total. The number of nitrogens with zero attached hydrogens (tertiary/aromatic N) is 2. The normalized spacial score (nSPS) is 21.8. The Bertz CT molecular complexity index is 518. The lowest BCUT2D eigenvalue weighted by Gasteiger charge is -2.23. The van der Waals surface area contributed by atoms with Crippen molar-refractivity contribution in [2.45, 2.75) is 32.9 Å². The molecule has 1 aromatic rings. The van der Waals surface area contributed by atoms with Crippen molar-refractivity contribution in [3.05, 3.63) is 29.6 Å². The molecule has 1 aliphatic rings. The van der Waals surface area contributed by atoms with Crippen LogP contribution in [0.1, 0.15) is 24.7 Å². The van der Waals surface area contributed by atoms with Gasteiger partial charge in [0.1, 0.15) is 0 Å². The van der Waals surface area contributed by atoms with Crippen molar-refractivity contribution in [1.82, 2.24) is 15.2 Å². The summed E-state index contributed by atoms with van der Waals surface area (Å²) in [4.78, 5) is 29.0. The number of urea groups is 1. The highest BCUT2D eigenvalue weighted by atomic mass is 16.4. The third-order valence-corrected chi connectivity index (χ3v) is 3.70. The van der Waals surface area contributed by atoms with E-state index in [0.29, 0.717) is 19.5 Å². The Kier molecular flexibility index (Phi) is 4.22. The van der Waals surface area contributed by atoms with E-state index in [0.717, 1.165) is 11.4 Å². The summed E-state index contributed by atoms with van der Waals surface area (Å²) >= 11 is 0. The van der Waals surface area contributed by atoms with Crippen LogP contribution in [-0.4, -0.2) is 39.6 Å². The molecule has 1 fully saturated rings. The molecule has 1 aromatic heterocycles. The predicted octanol–water partition coefficient (Wildman–Crippen LogP) is 1.39. The first-order valence-corrected chi connectivity index (χ1v) is 6.69. The maximum absolute atomic E-state index is 12.1. The number of pyridine rings is 1. The number of amides is 2. The lowest BCUT2D eigenvalue weighted by Crippen LogP contribution is -2.43. The van der Waals surface area contributed by atoms with Gasteiger partial charge in [0, 0.05) is 18.3 Å². The van der Waals surface area contributed by atoms with E-state index in [1.807, 2.05) is 25.1 Å². The topological polar surface area (TPSA) is 82.5 Å². The first-order chi connectivity index (χ1) is 9.49. The van der Waals surface area contributed by atoms with Gasteiger partial charge in [0.25, 0.3) is 0 Å². The zero-order chi connectivity index (χ0) is 14.7. The minimum Gasteiger partial charge on any atom is -0.481 e. The highest BCUT2D eigenvalue weighted by molar-refractivity contribution is 5.78. The number of carbonyl (C=O) groups excluding carboxylic acids is 1. The zero-order valence-corrected chi connectivity index (χ0v) is 11.7. The maximum atomic E-state index is 12.1. The van der Waals surface area contributed by atoms with Crippen LogP contribution in [0.4, 0.5) is 4.79 Å². The number of aliphatic carboxylic acids is 1. The van der Waals surface area contributed by atoms with Gasteiger partial charge in [-0.2, -0.15) is 0 Å². The van der Waals surface area contributed by atoms with E-state index >= 15 is 0 Å². The first-order valence-electron chi connectivity index (χ1n) is 6.69. The van der Waals surface area contributed by atoms with Crippen LogP contribution < -0.4 is 5.32 Å². The molecule has 20 heavy (non-hydrogen) atoms. The summed E-state index contributed by atoms with van der Waals surface area (Å²) in [7, 11) is 0. The summed E-state index contributed by atoms with van der Waals surface area (Å²) in [5, 5.41) is 11.8. The molecule has 0 saturated carbocycles. The van der Waals surface area contributed by atoms with E-state index in [-0.39, 0.29) is 12.1 Å². The standard InChI is InChI=1S/C14H19N3O3/c1-9-4-3-5-11(16-9)8-15-14(20)17-7-6-12(10(17)2)13(18)19/h3-5,10,12H,6-8H2,1-2H3,(H,15,20)(H,18,19). The Morgan fingerprint density at radius 2 is 2.25 bits per heavy atom. The smallest absolute Gasteiger partial charge is 0.317 e. The van der Waals surface area contributed by atoms with Gasteiger partial charge >= 0.3 is 12.0 Å². The Balaban J connectivity index is 1.91. The van der Waals surface area contributed by atoms with E-state index in [4.69, 9.17) is 5.11 Å². The molecule has 2 amide bonds. The quantitative estimate of drug-likeness (QED) is 0.874. The monoisotopic (exact) mass is 277 g/mol. The van der Waals surface area contributed by atoms with Crippen molar-refractivity contribution in [2.75, 3.05) is 6.54 Å². The second kappa shape index (κ2) is 5.90. The minimum absolute atomic E-state index is 0.232. The van der Waals surface area contributed by atoms with E-state index in [9.17, 15) is 9.59 Å². The van der Waals surface area contributed by atoms with Crippen molar-refractivity contribution in [2.24, 2.45) is 5.92 Å². The number of rotatable bonds is 3. The fourth-order valence-corrected chi connectivity index (χ4v) is 2.52. The maximum Gasteiger partial charge on any atom is 0.317 e. The number of hydrogen-bond donors (Lipinski definition) is 2. The van der Waals surface area contributed by atoms with Gasteiger partial charge in [0.05, 0.1) is 18.2 Å². The Labute approximate surface area is 117 Å². The molecule has 6 heteroatoms. The molecule has 2 rings (SSSR count). The molecule has 0 spiro atoms. The first kappa shape index (κ1) is 14.3. The van der Waals surface area contributed by atoms with E-state index in [1.54, 1.807) is 11.8 Å². The Morgan fingerprint density at radius 1 is 1.50 bits per heavy atom. The lowest BCUT2D eigenvalue weighted by molar-refractivity contribution is -0.142. The van der Waals surface area contributed by atoms with Crippen LogP contribution in [0.15, 0.2) is 18.2 Å². The lowest BCUT2D eigenvalue weighted by atomic mass is 10.0. The fourth-order valence-electron chi connectivity index (χ4n) is 2.52. The van der Waals surface area contributed by atoms with Crippen LogP contribution in [0.5, 0.6) is 0 Å². The van der Waals surface area contributed by atoms with Gasteiger partial charge in [-0.25, -0.2) is 4.79 Å². The second-order valence-corrected chi connectivity index (χ2v) is 5.10. The van der Waals surface area contributed by atoms with Crippen LogP contribution in [-0.2, 0) is 11.3 Å². The third kappa shape index (κ3) is 3.07. The molecule has 2 heterocycles. The number of carbonyl (C=O) groups is 2. The van der Waals surface area contributed by atoms with Gasteiger partial charge < -0.3 is 15.3 Å².